The Hall–Kier alpha value is -2.09. The molecule has 0 unspecified atom stereocenters. The van der Waals surface area contributed by atoms with Crippen molar-refractivity contribution in [3.05, 3.63) is 24.3 Å². The van der Waals surface area contributed by atoms with Gasteiger partial charge in [0.15, 0.2) is 0 Å². The minimum atomic E-state index is -4.46. The van der Waals surface area contributed by atoms with Crippen molar-refractivity contribution in [2.24, 2.45) is 0 Å². The zero-order valence-corrected chi connectivity index (χ0v) is 10.6. The van der Waals surface area contributed by atoms with E-state index in [2.05, 4.69) is 15.4 Å². The number of amides is 2. The topological polar surface area (TPSA) is 67.4 Å². The van der Waals surface area contributed by atoms with Crippen LogP contribution in [-0.2, 0) is 14.3 Å². The third kappa shape index (κ3) is 6.74. The Balaban J connectivity index is 2.40. The van der Waals surface area contributed by atoms with E-state index in [0.29, 0.717) is 11.4 Å². The van der Waals surface area contributed by atoms with Crippen LogP contribution in [0.4, 0.5) is 24.5 Å². The van der Waals surface area contributed by atoms with Gasteiger partial charge in [0, 0.05) is 18.3 Å². The van der Waals surface area contributed by atoms with E-state index >= 15 is 0 Å². The van der Waals surface area contributed by atoms with E-state index in [1.807, 2.05) is 0 Å². The Bertz CT molecular complexity index is 472. The number of alkyl halides is 3. The normalized spacial score (nSPS) is 11.0. The monoisotopic (exact) mass is 290 g/mol. The Morgan fingerprint density at radius 1 is 1.10 bits per heavy atom. The average molecular weight is 290 g/mol. The zero-order valence-electron chi connectivity index (χ0n) is 10.6. The van der Waals surface area contributed by atoms with Crippen LogP contribution in [0.1, 0.15) is 6.92 Å². The van der Waals surface area contributed by atoms with Gasteiger partial charge in [-0.3, -0.25) is 9.59 Å². The van der Waals surface area contributed by atoms with E-state index in [1.54, 1.807) is 12.1 Å². The molecule has 0 heterocycles. The number of carbonyl (C=O) groups is 2. The third-order valence-corrected chi connectivity index (χ3v) is 1.99. The van der Waals surface area contributed by atoms with Gasteiger partial charge in [-0.2, -0.15) is 13.2 Å². The van der Waals surface area contributed by atoms with E-state index in [1.165, 1.54) is 19.1 Å². The van der Waals surface area contributed by atoms with Gasteiger partial charge < -0.3 is 15.4 Å². The molecule has 1 aromatic carbocycles. The van der Waals surface area contributed by atoms with Crippen LogP contribution in [0.3, 0.4) is 0 Å². The van der Waals surface area contributed by atoms with E-state index < -0.39 is 25.3 Å². The SMILES string of the molecule is CC(=O)Nc1ccc(NC(=O)COCC(F)(F)F)cc1. The summed E-state index contributed by atoms with van der Waals surface area (Å²) in [6.45, 7) is -0.803. The molecule has 0 aliphatic heterocycles. The summed E-state index contributed by atoms with van der Waals surface area (Å²) >= 11 is 0. The molecule has 0 saturated carbocycles. The highest BCUT2D eigenvalue weighted by Crippen LogP contribution is 2.15. The maximum absolute atomic E-state index is 11.8. The van der Waals surface area contributed by atoms with Gasteiger partial charge >= 0.3 is 6.18 Å². The standard InChI is InChI=1S/C12H13F3N2O3/c1-8(18)16-9-2-4-10(5-3-9)17-11(19)6-20-7-12(13,14)15/h2-5H,6-7H2,1H3,(H,16,18)(H,17,19). The Morgan fingerprint density at radius 3 is 2.05 bits per heavy atom. The van der Waals surface area contributed by atoms with Gasteiger partial charge in [0.05, 0.1) is 0 Å². The molecule has 0 radical (unpaired) electrons. The summed E-state index contributed by atoms with van der Waals surface area (Å²) < 4.78 is 39.6. The van der Waals surface area contributed by atoms with E-state index in [0.717, 1.165) is 0 Å². The predicted molar refractivity (Wildman–Crippen MR) is 66.2 cm³/mol. The van der Waals surface area contributed by atoms with Gasteiger partial charge in [-0.25, -0.2) is 0 Å². The molecule has 2 N–H and O–H groups in total. The molecule has 8 heteroatoms. The van der Waals surface area contributed by atoms with E-state index in [9.17, 15) is 22.8 Å². The van der Waals surface area contributed by atoms with E-state index in [4.69, 9.17) is 0 Å². The van der Waals surface area contributed by atoms with Crippen LogP contribution >= 0.6 is 0 Å². The zero-order chi connectivity index (χ0) is 15.2. The van der Waals surface area contributed by atoms with Crippen molar-refractivity contribution in [1.29, 1.82) is 0 Å². The van der Waals surface area contributed by atoms with Crippen molar-refractivity contribution in [2.45, 2.75) is 13.1 Å². The van der Waals surface area contributed by atoms with Crippen LogP contribution in [0.5, 0.6) is 0 Å². The average Bonchev–Trinajstić information content (AvgIpc) is 2.29. The van der Waals surface area contributed by atoms with Crippen molar-refractivity contribution < 1.29 is 27.5 Å². The summed E-state index contributed by atoms with van der Waals surface area (Å²) in [6.07, 6.45) is -4.46. The molecule has 0 aliphatic carbocycles. The van der Waals surface area contributed by atoms with Crippen LogP contribution in [0.15, 0.2) is 24.3 Å². The van der Waals surface area contributed by atoms with Gasteiger partial charge in [-0.15, -0.1) is 0 Å². The van der Waals surface area contributed by atoms with Crippen LogP contribution < -0.4 is 10.6 Å². The molecule has 110 valence electrons. The number of hydrogen-bond acceptors (Lipinski definition) is 3. The molecule has 2 amide bonds. The largest absolute Gasteiger partial charge is 0.411 e. The first-order valence-electron chi connectivity index (χ1n) is 5.58. The summed E-state index contributed by atoms with van der Waals surface area (Å²) in [5.74, 6) is -0.927. The highest BCUT2D eigenvalue weighted by molar-refractivity contribution is 5.92. The number of benzene rings is 1. The van der Waals surface area contributed by atoms with Gasteiger partial charge in [-0.05, 0) is 24.3 Å². The number of ether oxygens (including phenoxy) is 1. The molecule has 0 aromatic heterocycles. The Kier molecular flexibility index (Phi) is 5.51. The molecule has 1 aromatic rings. The second-order valence-electron chi connectivity index (χ2n) is 3.91. The molecule has 0 spiro atoms. The van der Waals surface area contributed by atoms with Crippen molar-refractivity contribution in [2.75, 3.05) is 23.8 Å². The molecule has 0 saturated heterocycles. The lowest BCUT2D eigenvalue weighted by Crippen LogP contribution is -2.23. The summed E-state index contributed by atoms with van der Waals surface area (Å²) in [5, 5.41) is 4.90. The summed E-state index contributed by atoms with van der Waals surface area (Å²) in [5.41, 5.74) is 0.934. The Labute approximate surface area is 113 Å². The summed E-state index contributed by atoms with van der Waals surface area (Å²) in [7, 11) is 0. The van der Waals surface area contributed by atoms with Crippen molar-refractivity contribution in [3.63, 3.8) is 0 Å². The molecule has 0 fully saturated rings. The van der Waals surface area contributed by atoms with Crippen LogP contribution in [0, 0.1) is 0 Å². The first-order chi connectivity index (χ1) is 9.26. The Morgan fingerprint density at radius 2 is 1.60 bits per heavy atom. The molecule has 1 rings (SSSR count). The minimum absolute atomic E-state index is 0.234. The van der Waals surface area contributed by atoms with E-state index in [-0.39, 0.29) is 5.91 Å². The van der Waals surface area contributed by atoms with Gasteiger partial charge in [0.1, 0.15) is 13.2 Å². The fraction of sp³-hybridized carbons (Fsp3) is 0.333. The highest BCUT2D eigenvalue weighted by atomic mass is 19.4. The fourth-order valence-electron chi connectivity index (χ4n) is 1.30. The highest BCUT2D eigenvalue weighted by Gasteiger charge is 2.27. The number of carbonyl (C=O) groups excluding carboxylic acids is 2. The fourth-order valence-corrected chi connectivity index (χ4v) is 1.30. The molecular formula is C12H13F3N2O3. The molecular weight excluding hydrogens is 277 g/mol. The molecule has 0 atom stereocenters. The second kappa shape index (κ2) is 6.90. The lowest BCUT2D eigenvalue weighted by molar-refractivity contribution is -0.174. The van der Waals surface area contributed by atoms with Gasteiger partial charge in [0.2, 0.25) is 11.8 Å². The summed E-state index contributed by atoms with van der Waals surface area (Å²) in [6, 6.07) is 6.11. The minimum Gasteiger partial charge on any atom is -0.362 e. The van der Waals surface area contributed by atoms with Crippen molar-refractivity contribution >= 4 is 23.2 Å². The quantitative estimate of drug-likeness (QED) is 0.873. The molecule has 0 aliphatic rings. The lowest BCUT2D eigenvalue weighted by Gasteiger charge is -2.09. The van der Waals surface area contributed by atoms with Gasteiger partial charge in [0.25, 0.3) is 0 Å². The molecule has 0 bridgehead atoms. The maximum Gasteiger partial charge on any atom is 0.411 e. The number of rotatable bonds is 5. The summed E-state index contributed by atoms with van der Waals surface area (Å²) in [4.78, 5) is 22.1. The lowest BCUT2D eigenvalue weighted by atomic mass is 10.2. The van der Waals surface area contributed by atoms with Crippen molar-refractivity contribution in [1.82, 2.24) is 0 Å². The predicted octanol–water partition coefficient (Wildman–Crippen LogP) is 2.16. The van der Waals surface area contributed by atoms with Crippen LogP contribution in [-0.4, -0.2) is 31.2 Å². The van der Waals surface area contributed by atoms with Crippen LogP contribution in [0.2, 0.25) is 0 Å². The second-order valence-corrected chi connectivity index (χ2v) is 3.91. The number of nitrogens with one attached hydrogen (secondary N) is 2. The van der Waals surface area contributed by atoms with Gasteiger partial charge in [-0.1, -0.05) is 0 Å². The first kappa shape index (κ1) is 16.0. The molecule has 5 nitrogen and oxygen atoms in total. The maximum atomic E-state index is 11.8. The first-order valence-corrected chi connectivity index (χ1v) is 5.58. The number of anilines is 2. The third-order valence-electron chi connectivity index (χ3n) is 1.99. The van der Waals surface area contributed by atoms with Crippen LogP contribution in [0.25, 0.3) is 0 Å². The smallest absolute Gasteiger partial charge is 0.362 e. The van der Waals surface area contributed by atoms with Crippen molar-refractivity contribution in [3.8, 4) is 0 Å². The number of hydrogen-bond donors (Lipinski definition) is 2. The number of halogens is 3. The molecule has 20 heavy (non-hydrogen) atoms.